The molecule has 6 nitrogen and oxygen atoms in total. The molecule has 0 radical (unpaired) electrons. The van der Waals surface area contributed by atoms with Crippen molar-refractivity contribution < 1.29 is 24.5 Å². The number of amides is 1. The number of methoxy groups -OCH3 is 1. The van der Waals surface area contributed by atoms with Crippen molar-refractivity contribution in [3.8, 4) is 11.5 Å². The number of para-hydroxylation sites is 1. The minimum Gasteiger partial charge on any atom is -0.508 e. The molecule has 30 heavy (non-hydrogen) atoms. The van der Waals surface area contributed by atoms with Gasteiger partial charge in [0.25, 0.3) is 11.7 Å². The number of ketones is 1. The highest BCUT2D eigenvalue weighted by Crippen LogP contribution is 2.42. The van der Waals surface area contributed by atoms with Crippen LogP contribution in [0.25, 0.3) is 5.76 Å². The van der Waals surface area contributed by atoms with Crippen molar-refractivity contribution in [3.63, 3.8) is 0 Å². The highest BCUT2D eigenvalue weighted by Gasteiger charge is 2.46. The number of hydrogen-bond donors (Lipinski definition) is 2. The van der Waals surface area contributed by atoms with Gasteiger partial charge < -0.3 is 19.8 Å². The molecule has 0 spiro atoms. The molecule has 2 aromatic carbocycles. The van der Waals surface area contributed by atoms with Gasteiger partial charge in [0, 0.05) is 4.88 Å². The van der Waals surface area contributed by atoms with Crippen LogP contribution in [0.2, 0.25) is 0 Å². The third-order valence-electron chi connectivity index (χ3n) is 4.99. The number of thiophene rings is 1. The zero-order chi connectivity index (χ0) is 21.3. The van der Waals surface area contributed by atoms with Crippen LogP contribution < -0.4 is 4.74 Å². The summed E-state index contributed by atoms with van der Waals surface area (Å²) in [6, 6.07) is 16.0. The minimum absolute atomic E-state index is 0.00602. The fourth-order valence-corrected chi connectivity index (χ4v) is 4.34. The van der Waals surface area contributed by atoms with Gasteiger partial charge in [-0.25, -0.2) is 0 Å². The quantitative estimate of drug-likeness (QED) is 0.368. The van der Waals surface area contributed by atoms with Gasteiger partial charge in [-0.3, -0.25) is 9.59 Å². The summed E-state index contributed by atoms with van der Waals surface area (Å²) in [7, 11) is 1.47. The first-order valence-electron chi connectivity index (χ1n) is 9.24. The Kier molecular flexibility index (Phi) is 5.29. The van der Waals surface area contributed by atoms with Crippen molar-refractivity contribution >= 4 is 28.8 Å². The maximum atomic E-state index is 13.0. The molecule has 1 aliphatic heterocycles. The summed E-state index contributed by atoms with van der Waals surface area (Å²) in [5, 5.41) is 23.0. The monoisotopic (exact) mass is 421 g/mol. The molecule has 1 aromatic heterocycles. The number of aliphatic hydroxyl groups excluding tert-OH is 1. The molecule has 3 aromatic rings. The van der Waals surface area contributed by atoms with E-state index in [2.05, 4.69) is 0 Å². The molecule has 1 aliphatic rings. The zero-order valence-corrected chi connectivity index (χ0v) is 16.9. The van der Waals surface area contributed by atoms with Crippen LogP contribution in [0.15, 0.2) is 71.6 Å². The van der Waals surface area contributed by atoms with E-state index in [1.54, 1.807) is 36.4 Å². The second kappa shape index (κ2) is 8.04. The molecule has 1 fully saturated rings. The van der Waals surface area contributed by atoms with Crippen LogP contribution in [-0.4, -0.2) is 33.9 Å². The number of phenols is 1. The molecule has 1 unspecified atom stereocenters. The number of benzene rings is 2. The molecule has 1 amide bonds. The number of rotatable bonds is 5. The number of aliphatic hydroxyl groups is 1. The molecular formula is C23H19NO5S. The van der Waals surface area contributed by atoms with E-state index in [-0.39, 0.29) is 23.6 Å². The van der Waals surface area contributed by atoms with Crippen molar-refractivity contribution in [1.82, 2.24) is 4.90 Å². The average molecular weight is 421 g/mol. The molecule has 7 heteroatoms. The number of Topliss-reactive ketones (excluding diaryl/α,β-unsaturated/α-hetero) is 1. The third kappa shape index (κ3) is 3.44. The van der Waals surface area contributed by atoms with Gasteiger partial charge in [-0.05, 0) is 41.3 Å². The molecule has 0 saturated carbocycles. The van der Waals surface area contributed by atoms with Crippen molar-refractivity contribution in [1.29, 1.82) is 0 Å². The summed E-state index contributed by atoms with van der Waals surface area (Å²) >= 11 is 1.47. The van der Waals surface area contributed by atoms with E-state index in [1.165, 1.54) is 35.5 Å². The van der Waals surface area contributed by atoms with Gasteiger partial charge in [-0.2, -0.15) is 0 Å². The van der Waals surface area contributed by atoms with Crippen LogP contribution in [0, 0.1) is 0 Å². The predicted molar refractivity (Wildman–Crippen MR) is 113 cm³/mol. The number of nitrogens with zero attached hydrogens (tertiary/aromatic N) is 1. The molecule has 2 N–H and O–H groups in total. The first-order chi connectivity index (χ1) is 14.5. The van der Waals surface area contributed by atoms with E-state index in [0.29, 0.717) is 16.9 Å². The van der Waals surface area contributed by atoms with Crippen molar-refractivity contribution in [2.45, 2.75) is 12.6 Å². The summed E-state index contributed by atoms with van der Waals surface area (Å²) in [5.41, 5.74) is 0.813. The van der Waals surface area contributed by atoms with Crippen LogP contribution >= 0.6 is 11.3 Å². The molecule has 1 atom stereocenters. The number of carbonyl (C=O) groups excluding carboxylic acids is 2. The van der Waals surface area contributed by atoms with E-state index in [9.17, 15) is 19.8 Å². The Balaban J connectivity index is 1.91. The smallest absolute Gasteiger partial charge is 0.295 e. The lowest BCUT2D eigenvalue weighted by Gasteiger charge is -2.25. The van der Waals surface area contributed by atoms with E-state index < -0.39 is 17.7 Å². The largest absolute Gasteiger partial charge is 0.508 e. The van der Waals surface area contributed by atoms with Crippen molar-refractivity contribution in [2.24, 2.45) is 0 Å². The Labute approximate surface area is 177 Å². The molecule has 0 bridgehead atoms. The summed E-state index contributed by atoms with van der Waals surface area (Å²) in [6.07, 6.45) is 0. The van der Waals surface area contributed by atoms with Gasteiger partial charge in [0.05, 0.1) is 30.8 Å². The third-order valence-corrected chi connectivity index (χ3v) is 5.86. The number of phenolic OH excluding ortho intramolecular Hbond substituents is 1. The van der Waals surface area contributed by atoms with Crippen LogP contribution in [0.3, 0.4) is 0 Å². The number of likely N-dealkylation sites (tertiary alicyclic amines) is 1. The Hall–Kier alpha value is -3.58. The van der Waals surface area contributed by atoms with Crippen molar-refractivity contribution in [2.75, 3.05) is 7.11 Å². The lowest BCUT2D eigenvalue weighted by atomic mass is 9.95. The number of ether oxygens (including phenoxy) is 1. The predicted octanol–water partition coefficient (Wildman–Crippen LogP) is 4.08. The maximum absolute atomic E-state index is 13.0. The zero-order valence-electron chi connectivity index (χ0n) is 16.1. The second-order valence-corrected chi connectivity index (χ2v) is 7.83. The van der Waals surface area contributed by atoms with Crippen LogP contribution in [0.5, 0.6) is 11.5 Å². The van der Waals surface area contributed by atoms with Gasteiger partial charge >= 0.3 is 0 Å². The Morgan fingerprint density at radius 2 is 1.90 bits per heavy atom. The molecule has 1 saturated heterocycles. The highest BCUT2D eigenvalue weighted by molar-refractivity contribution is 7.09. The fourth-order valence-electron chi connectivity index (χ4n) is 3.64. The van der Waals surface area contributed by atoms with Crippen LogP contribution in [0.1, 0.15) is 22.0 Å². The molecule has 2 heterocycles. The summed E-state index contributed by atoms with van der Waals surface area (Å²) in [6.45, 7) is 0.214. The molecule has 152 valence electrons. The SMILES string of the molecule is COc1ccccc1/C(O)=C1/C(=O)C(=O)N(Cc2cccs2)C1c1cccc(O)c1. The van der Waals surface area contributed by atoms with Gasteiger partial charge in [-0.1, -0.05) is 30.3 Å². The van der Waals surface area contributed by atoms with Crippen LogP contribution in [0.4, 0.5) is 0 Å². The second-order valence-electron chi connectivity index (χ2n) is 6.80. The summed E-state index contributed by atoms with van der Waals surface area (Å²) in [4.78, 5) is 28.3. The first kappa shape index (κ1) is 19.7. The van der Waals surface area contributed by atoms with Gasteiger partial charge in [0.1, 0.15) is 17.3 Å². The Morgan fingerprint density at radius 1 is 1.10 bits per heavy atom. The topological polar surface area (TPSA) is 87.1 Å². The maximum Gasteiger partial charge on any atom is 0.295 e. The first-order valence-corrected chi connectivity index (χ1v) is 10.1. The number of aromatic hydroxyl groups is 1. The van der Waals surface area contributed by atoms with Gasteiger partial charge in [0.2, 0.25) is 0 Å². The van der Waals surface area contributed by atoms with Crippen LogP contribution in [-0.2, 0) is 16.1 Å². The van der Waals surface area contributed by atoms with Crippen molar-refractivity contribution in [3.05, 3.63) is 87.6 Å². The number of hydrogen-bond acceptors (Lipinski definition) is 6. The van der Waals surface area contributed by atoms with E-state index in [4.69, 9.17) is 4.74 Å². The van der Waals surface area contributed by atoms with E-state index in [0.717, 1.165) is 4.88 Å². The van der Waals surface area contributed by atoms with Gasteiger partial charge in [0.15, 0.2) is 0 Å². The molecule has 0 aliphatic carbocycles. The minimum atomic E-state index is -0.843. The molecule has 4 rings (SSSR count). The normalized spacial score (nSPS) is 18.0. The highest BCUT2D eigenvalue weighted by atomic mass is 32.1. The number of carbonyl (C=O) groups is 2. The van der Waals surface area contributed by atoms with Gasteiger partial charge in [-0.15, -0.1) is 11.3 Å². The van der Waals surface area contributed by atoms with E-state index in [1.807, 2.05) is 17.5 Å². The summed E-state index contributed by atoms with van der Waals surface area (Å²) in [5.74, 6) is -1.40. The molecular weight excluding hydrogens is 402 g/mol. The Morgan fingerprint density at radius 3 is 2.60 bits per heavy atom. The lowest BCUT2D eigenvalue weighted by Crippen LogP contribution is -2.28. The Bertz CT molecular complexity index is 1140. The lowest BCUT2D eigenvalue weighted by molar-refractivity contribution is -0.140. The fraction of sp³-hybridized carbons (Fsp3) is 0.130. The standard InChI is InChI=1S/C23H19NO5S/c1-29-18-10-3-2-9-17(18)21(26)19-20(14-6-4-7-15(25)12-14)24(23(28)22(19)27)13-16-8-5-11-30-16/h2-12,20,25-26H,13H2,1H3/b21-19-. The van der Waals surface area contributed by atoms with E-state index >= 15 is 0 Å². The average Bonchev–Trinajstić information content (AvgIpc) is 3.35. The summed E-state index contributed by atoms with van der Waals surface area (Å²) < 4.78 is 5.32.